The molecule has 0 N–H and O–H groups in total. The van der Waals surface area contributed by atoms with Crippen LogP contribution in [0, 0.1) is 0 Å². The summed E-state index contributed by atoms with van der Waals surface area (Å²) in [4.78, 5) is 23.2. The van der Waals surface area contributed by atoms with Crippen LogP contribution in [0.3, 0.4) is 0 Å². The molecule has 0 aromatic heterocycles. The largest absolute Gasteiger partial charge is 0.303 e. The summed E-state index contributed by atoms with van der Waals surface area (Å²) >= 11 is 24.4. The van der Waals surface area contributed by atoms with Gasteiger partial charge in [0, 0.05) is 22.0 Å². The second-order valence-electron chi connectivity index (χ2n) is 4.69. The Balaban J connectivity index is 2.80. The van der Waals surface area contributed by atoms with Crippen molar-refractivity contribution < 1.29 is 9.59 Å². The van der Waals surface area contributed by atoms with Crippen molar-refractivity contribution in [1.82, 2.24) is 0 Å². The number of rotatable bonds is 5. The third-order valence-corrected chi connectivity index (χ3v) is 4.82. The first-order chi connectivity index (χ1) is 10.5. The summed E-state index contributed by atoms with van der Waals surface area (Å²) in [7, 11) is 0. The predicted octanol–water partition coefficient (Wildman–Crippen LogP) is 5.37. The molecule has 1 unspecified atom stereocenters. The van der Waals surface area contributed by atoms with E-state index >= 15 is 0 Å². The number of hydrogen-bond acceptors (Lipinski definition) is 2. The monoisotopic (exact) mass is 374 g/mol. The van der Waals surface area contributed by atoms with Crippen molar-refractivity contribution in [3.8, 4) is 0 Å². The maximum absolute atomic E-state index is 12.0. The third-order valence-electron chi connectivity index (χ3n) is 3.45. The molecule has 6 heteroatoms. The maximum atomic E-state index is 12.0. The minimum Gasteiger partial charge on any atom is -0.303 e. The van der Waals surface area contributed by atoms with Crippen molar-refractivity contribution in [2.24, 2.45) is 0 Å². The Morgan fingerprint density at radius 3 is 2.00 bits per heavy atom. The van der Waals surface area contributed by atoms with Crippen LogP contribution in [-0.2, 0) is 15.0 Å². The van der Waals surface area contributed by atoms with Gasteiger partial charge in [-0.3, -0.25) is 0 Å². The average molecular weight is 376 g/mol. The highest BCUT2D eigenvalue weighted by Gasteiger charge is 2.38. The average Bonchev–Trinajstić information content (AvgIpc) is 2.49. The molecule has 114 valence electrons. The van der Waals surface area contributed by atoms with Crippen LogP contribution in [0.25, 0.3) is 0 Å². The van der Waals surface area contributed by atoms with Crippen LogP contribution in [0.4, 0.5) is 0 Å². The fourth-order valence-electron chi connectivity index (χ4n) is 2.37. The molecule has 1 atom stereocenters. The molecule has 2 rings (SSSR count). The topological polar surface area (TPSA) is 34.1 Å². The normalized spacial score (nSPS) is 13.5. The second-order valence-corrected chi connectivity index (χ2v) is 6.31. The highest BCUT2D eigenvalue weighted by atomic mass is 35.5. The number of benzene rings is 2. The number of halogens is 4. The lowest BCUT2D eigenvalue weighted by Crippen LogP contribution is -2.31. The quantitative estimate of drug-likeness (QED) is 0.658. The summed E-state index contributed by atoms with van der Waals surface area (Å²) in [5, 5.41) is 1.22. The van der Waals surface area contributed by atoms with Crippen LogP contribution >= 0.6 is 46.4 Å². The molecule has 0 aliphatic carbocycles. The van der Waals surface area contributed by atoms with Crippen molar-refractivity contribution in [3.05, 3.63) is 67.6 Å². The first-order valence-electron chi connectivity index (χ1n) is 6.26. The Hall–Kier alpha value is -1.06. The Labute approximate surface area is 147 Å². The Morgan fingerprint density at radius 2 is 1.50 bits per heavy atom. The number of carbonyl (C=O) groups is 2. The van der Waals surface area contributed by atoms with Gasteiger partial charge < -0.3 is 9.59 Å². The minimum absolute atomic E-state index is 0.113. The molecule has 0 spiro atoms. The Morgan fingerprint density at radius 1 is 0.864 bits per heavy atom. The predicted molar refractivity (Wildman–Crippen MR) is 90.4 cm³/mol. The van der Waals surface area contributed by atoms with Gasteiger partial charge in [-0.25, -0.2) is 0 Å². The van der Waals surface area contributed by atoms with Gasteiger partial charge in [0.05, 0.1) is 15.5 Å². The van der Waals surface area contributed by atoms with Crippen LogP contribution in [-0.4, -0.2) is 12.6 Å². The summed E-state index contributed by atoms with van der Waals surface area (Å²) in [6, 6.07) is 9.63. The fraction of sp³-hybridized carbons (Fsp3) is 0.125. The molecule has 0 bridgehead atoms. The van der Waals surface area contributed by atoms with E-state index < -0.39 is 5.41 Å². The molecule has 0 fully saturated rings. The van der Waals surface area contributed by atoms with Crippen LogP contribution in [0.5, 0.6) is 0 Å². The molecular weight excluding hydrogens is 366 g/mol. The molecule has 2 aromatic carbocycles. The van der Waals surface area contributed by atoms with E-state index in [1.54, 1.807) is 36.4 Å². The van der Waals surface area contributed by atoms with Gasteiger partial charge in [-0.2, -0.15) is 0 Å². The zero-order valence-electron chi connectivity index (χ0n) is 11.2. The highest BCUT2D eigenvalue weighted by molar-refractivity contribution is 6.42. The summed E-state index contributed by atoms with van der Waals surface area (Å²) in [6.07, 6.45) is 1.20. The lowest BCUT2D eigenvalue weighted by molar-refractivity contribution is -0.115. The Kier molecular flexibility index (Phi) is 5.51. The molecule has 0 aliphatic heterocycles. The molecule has 0 saturated carbocycles. The van der Waals surface area contributed by atoms with Gasteiger partial charge in [-0.1, -0.05) is 58.5 Å². The number of hydrogen-bond donors (Lipinski definition) is 0. The van der Waals surface area contributed by atoms with Crippen LogP contribution in [0.2, 0.25) is 20.1 Å². The molecule has 0 saturated heterocycles. The number of aldehydes is 2. The van der Waals surface area contributed by atoms with E-state index in [1.807, 2.05) is 0 Å². The van der Waals surface area contributed by atoms with E-state index in [0.29, 0.717) is 38.8 Å². The highest BCUT2D eigenvalue weighted by Crippen LogP contribution is 2.42. The summed E-state index contributed by atoms with van der Waals surface area (Å²) in [5.74, 6) is 0. The smallest absolute Gasteiger partial charge is 0.135 e. The first kappa shape index (κ1) is 17.3. The SMILES string of the molecule is O=CCC(C=O)(c1ccc(Cl)c(Cl)c1)c1c(Cl)cccc1Cl. The van der Waals surface area contributed by atoms with Gasteiger partial charge in [0.2, 0.25) is 0 Å². The van der Waals surface area contributed by atoms with Gasteiger partial charge in [0.1, 0.15) is 12.6 Å². The summed E-state index contributed by atoms with van der Waals surface area (Å²) < 4.78 is 0. The van der Waals surface area contributed by atoms with Crippen LogP contribution in [0.1, 0.15) is 17.5 Å². The molecular formula is C16H10Cl4O2. The maximum Gasteiger partial charge on any atom is 0.135 e. The molecule has 22 heavy (non-hydrogen) atoms. The van der Waals surface area contributed by atoms with E-state index in [2.05, 4.69) is 0 Å². The standard InChI is InChI=1S/C16H10Cl4O2/c17-11-5-4-10(8-14(11)20)16(9-22,6-7-21)15-12(18)2-1-3-13(15)19/h1-5,7-9H,6H2. The van der Waals surface area contributed by atoms with Crippen molar-refractivity contribution in [2.75, 3.05) is 0 Å². The van der Waals surface area contributed by atoms with Crippen molar-refractivity contribution in [2.45, 2.75) is 11.8 Å². The van der Waals surface area contributed by atoms with Gasteiger partial charge in [-0.05, 0) is 29.8 Å². The van der Waals surface area contributed by atoms with Gasteiger partial charge in [0.25, 0.3) is 0 Å². The van der Waals surface area contributed by atoms with E-state index in [0.717, 1.165) is 0 Å². The number of carbonyl (C=O) groups excluding carboxylic acids is 2. The second kappa shape index (κ2) is 7.01. The summed E-state index contributed by atoms with van der Waals surface area (Å²) in [5.41, 5.74) is -0.441. The molecule has 2 aromatic rings. The molecule has 0 heterocycles. The summed E-state index contributed by atoms with van der Waals surface area (Å²) in [6.45, 7) is 0. The van der Waals surface area contributed by atoms with Crippen molar-refractivity contribution >= 4 is 59.0 Å². The van der Waals surface area contributed by atoms with Gasteiger partial charge >= 0.3 is 0 Å². The zero-order valence-corrected chi connectivity index (χ0v) is 14.2. The molecule has 0 radical (unpaired) electrons. The molecule has 2 nitrogen and oxygen atoms in total. The first-order valence-corrected chi connectivity index (χ1v) is 7.77. The lowest BCUT2D eigenvalue weighted by atomic mass is 9.73. The van der Waals surface area contributed by atoms with E-state index in [4.69, 9.17) is 46.4 Å². The van der Waals surface area contributed by atoms with Crippen molar-refractivity contribution in [3.63, 3.8) is 0 Å². The molecule has 0 amide bonds. The lowest BCUT2D eigenvalue weighted by Gasteiger charge is -2.29. The molecule has 0 aliphatic rings. The fourth-order valence-corrected chi connectivity index (χ4v) is 3.40. The van der Waals surface area contributed by atoms with Crippen molar-refractivity contribution in [1.29, 1.82) is 0 Å². The minimum atomic E-state index is -1.31. The van der Waals surface area contributed by atoms with Crippen LogP contribution in [0.15, 0.2) is 36.4 Å². The van der Waals surface area contributed by atoms with Gasteiger partial charge in [0.15, 0.2) is 0 Å². The Bertz CT molecular complexity index is 710. The van der Waals surface area contributed by atoms with Gasteiger partial charge in [-0.15, -0.1) is 0 Å². The third kappa shape index (κ3) is 3.02. The zero-order chi connectivity index (χ0) is 16.3. The van der Waals surface area contributed by atoms with E-state index in [1.165, 1.54) is 0 Å². The van der Waals surface area contributed by atoms with Crippen LogP contribution < -0.4 is 0 Å². The van der Waals surface area contributed by atoms with E-state index in [9.17, 15) is 9.59 Å². The van der Waals surface area contributed by atoms with E-state index in [-0.39, 0.29) is 11.4 Å².